The van der Waals surface area contributed by atoms with Gasteiger partial charge in [-0.3, -0.25) is 0 Å². The van der Waals surface area contributed by atoms with E-state index in [4.69, 9.17) is 5.26 Å². The quantitative estimate of drug-likeness (QED) is 0.616. The number of nitriles is 1. The van der Waals surface area contributed by atoms with Gasteiger partial charge in [0.2, 0.25) is 0 Å². The Bertz CT molecular complexity index is 388. The second-order valence-corrected chi connectivity index (χ2v) is 3.72. The van der Waals surface area contributed by atoms with Crippen molar-refractivity contribution in [2.75, 3.05) is 0 Å². The Morgan fingerprint density at radius 1 is 1.57 bits per heavy atom. The molecule has 0 bridgehead atoms. The molecule has 74 valence electrons. The molecule has 0 aromatic carbocycles. The highest BCUT2D eigenvalue weighted by Crippen LogP contribution is 2.28. The fourth-order valence-electron chi connectivity index (χ4n) is 0.893. The molecular formula is C8H4Br2F2N2. The molecule has 0 atom stereocenters. The van der Waals surface area contributed by atoms with Crippen LogP contribution in [0.25, 0.3) is 0 Å². The van der Waals surface area contributed by atoms with E-state index in [1.54, 1.807) is 0 Å². The summed E-state index contributed by atoms with van der Waals surface area (Å²) in [7, 11) is 0. The maximum Gasteiger partial charge on any atom is 0.266 e. The number of hydrogen-bond acceptors (Lipinski definition) is 2. The molecule has 0 amide bonds. The monoisotopic (exact) mass is 324 g/mol. The minimum Gasteiger partial charge on any atom is -0.243 e. The Kier molecular flexibility index (Phi) is 3.96. The number of alkyl halides is 3. The number of halogens is 4. The lowest BCUT2D eigenvalue weighted by atomic mass is 10.1. The first-order chi connectivity index (χ1) is 6.60. The minimum atomic E-state index is -2.63. The van der Waals surface area contributed by atoms with Crippen LogP contribution in [-0.2, 0) is 5.33 Å². The van der Waals surface area contributed by atoms with Gasteiger partial charge in [0.1, 0.15) is 10.7 Å². The van der Waals surface area contributed by atoms with Crippen LogP contribution in [0.5, 0.6) is 0 Å². The van der Waals surface area contributed by atoms with Gasteiger partial charge < -0.3 is 0 Å². The zero-order valence-corrected chi connectivity index (χ0v) is 9.94. The van der Waals surface area contributed by atoms with E-state index in [2.05, 4.69) is 36.8 Å². The van der Waals surface area contributed by atoms with Crippen LogP contribution >= 0.6 is 31.9 Å². The highest BCUT2D eigenvalue weighted by Gasteiger charge is 2.16. The SMILES string of the molecule is N#Cc1cc(C(F)F)c(Br)nc1CBr. The zero-order valence-electron chi connectivity index (χ0n) is 6.77. The Hall–Kier alpha value is -0.540. The summed E-state index contributed by atoms with van der Waals surface area (Å²) in [6.07, 6.45) is -2.63. The summed E-state index contributed by atoms with van der Waals surface area (Å²) in [6.45, 7) is 0. The Labute approximate surface area is 96.2 Å². The van der Waals surface area contributed by atoms with Crippen LogP contribution in [0.4, 0.5) is 8.78 Å². The molecule has 0 aliphatic heterocycles. The minimum absolute atomic E-state index is 0.0842. The van der Waals surface area contributed by atoms with Crippen molar-refractivity contribution in [3.05, 3.63) is 27.5 Å². The van der Waals surface area contributed by atoms with Crippen molar-refractivity contribution in [1.82, 2.24) is 4.98 Å². The molecule has 0 aliphatic carbocycles. The molecule has 1 rings (SSSR count). The van der Waals surface area contributed by atoms with E-state index < -0.39 is 6.43 Å². The van der Waals surface area contributed by atoms with Crippen LogP contribution in [0.15, 0.2) is 10.7 Å². The first-order valence-electron chi connectivity index (χ1n) is 3.53. The van der Waals surface area contributed by atoms with Crippen LogP contribution in [0.3, 0.4) is 0 Å². The van der Waals surface area contributed by atoms with Gasteiger partial charge in [0.05, 0.1) is 16.8 Å². The molecule has 0 unspecified atom stereocenters. The van der Waals surface area contributed by atoms with Crippen molar-refractivity contribution in [3.8, 4) is 6.07 Å². The molecule has 1 heterocycles. The summed E-state index contributed by atoms with van der Waals surface area (Å²) in [5, 5.41) is 9.03. The molecule has 0 saturated heterocycles. The average molecular weight is 326 g/mol. The number of hydrogen-bond donors (Lipinski definition) is 0. The Morgan fingerprint density at radius 2 is 2.21 bits per heavy atom. The lowest BCUT2D eigenvalue weighted by molar-refractivity contribution is 0.150. The molecule has 6 heteroatoms. The second-order valence-electron chi connectivity index (χ2n) is 2.41. The smallest absolute Gasteiger partial charge is 0.243 e. The fraction of sp³-hybridized carbons (Fsp3) is 0.250. The lowest BCUT2D eigenvalue weighted by Gasteiger charge is -2.05. The summed E-state index contributed by atoms with van der Waals surface area (Å²) in [6, 6.07) is 2.97. The number of pyridine rings is 1. The molecule has 0 radical (unpaired) electrons. The van der Waals surface area contributed by atoms with Gasteiger partial charge in [0.15, 0.2) is 0 Å². The first kappa shape index (κ1) is 11.5. The topological polar surface area (TPSA) is 36.7 Å². The van der Waals surface area contributed by atoms with Crippen molar-refractivity contribution >= 4 is 31.9 Å². The average Bonchev–Trinajstić information content (AvgIpc) is 2.16. The molecule has 0 fully saturated rings. The van der Waals surface area contributed by atoms with Crippen molar-refractivity contribution in [3.63, 3.8) is 0 Å². The third kappa shape index (κ3) is 2.28. The summed E-state index contributed by atoms with van der Waals surface area (Å²) >= 11 is 6.05. The van der Waals surface area contributed by atoms with Crippen LogP contribution in [0.2, 0.25) is 0 Å². The summed E-state index contributed by atoms with van der Waals surface area (Å²) in [5.41, 5.74) is 0.357. The van der Waals surface area contributed by atoms with Gasteiger partial charge in [-0.2, -0.15) is 5.26 Å². The standard InChI is InChI=1S/C8H4Br2F2N2/c9-2-6-4(3-13)1-5(8(11)12)7(10)14-6/h1,8H,2H2. The summed E-state index contributed by atoms with van der Waals surface area (Å²) in [5.74, 6) is 0. The molecule has 0 spiro atoms. The molecule has 0 aliphatic rings. The van der Waals surface area contributed by atoms with Crippen molar-refractivity contribution in [1.29, 1.82) is 5.26 Å². The van der Waals surface area contributed by atoms with Crippen LogP contribution < -0.4 is 0 Å². The van der Waals surface area contributed by atoms with E-state index in [0.717, 1.165) is 6.07 Å². The molecule has 1 aromatic heterocycles. The van der Waals surface area contributed by atoms with Gasteiger partial charge >= 0.3 is 0 Å². The molecule has 0 N–H and O–H groups in total. The molecule has 14 heavy (non-hydrogen) atoms. The van der Waals surface area contributed by atoms with E-state index >= 15 is 0 Å². The maximum atomic E-state index is 12.4. The molecule has 2 nitrogen and oxygen atoms in total. The molecule has 0 saturated carbocycles. The van der Waals surface area contributed by atoms with E-state index in [1.807, 2.05) is 6.07 Å². The fourth-order valence-corrected chi connectivity index (χ4v) is 1.82. The van der Waals surface area contributed by atoms with Gasteiger partial charge in [-0.05, 0) is 22.0 Å². The predicted octanol–water partition coefficient (Wildman–Crippen LogP) is 3.55. The van der Waals surface area contributed by atoms with Gasteiger partial charge in [-0.25, -0.2) is 13.8 Å². The highest BCUT2D eigenvalue weighted by molar-refractivity contribution is 9.10. The van der Waals surface area contributed by atoms with E-state index in [9.17, 15) is 8.78 Å². The van der Waals surface area contributed by atoms with Gasteiger partial charge in [-0.1, -0.05) is 15.9 Å². The number of nitrogens with zero attached hydrogens (tertiary/aromatic N) is 2. The zero-order chi connectivity index (χ0) is 10.7. The van der Waals surface area contributed by atoms with Crippen molar-refractivity contribution in [2.24, 2.45) is 0 Å². The highest BCUT2D eigenvalue weighted by atomic mass is 79.9. The Morgan fingerprint density at radius 3 is 2.64 bits per heavy atom. The van der Waals surface area contributed by atoms with Crippen LogP contribution in [0, 0.1) is 11.3 Å². The predicted molar refractivity (Wildman–Crippen MR) is 54.2 cm³/mol. The van der Waals surface area contributed by atoms with E-state index in [0.29, 0.717) is 11.0 Å². The summed E-state index contributed by atoms with van der Waals surface area (Å²) in [4.78, 5) is 3.85. The van der Waals surface area contributed by atoms with Crippen LogP contribution in [-0.4, -0.2) is 4.98 Å². The van der Waals surface area contributed by atoms with E-state index in [1.165, 1.54) is 0 Å². The van der Waals surface area contributed by atoms with Gasteiger partial charge in [-0.15, -0.1) is 0 Å². The summed E-state index contributed by atoms with van der Waals surface area (Å²) < 4.78 is 24.9. The van der Waals surface area contributed by atoms with Crippen molar-refractivity contribution in [2.45, 2.75) is 11.8 Å². The number of aromatic nitrogens is 1. The maximum absolute atomic E-state index is 12.4. The van der Waals surface area contributed by atoms with Gasteiger partial charge in [0.25, 0.3) is 6.43 Å². The Balaban J connectivity index is 3.32. The second kappa shape index (κ2) is 4.80. The molecule has 1 aromatic rings. The van der Waals surface area contributed by atoms with E-state index in [-0.39, 0.29) is 15.7 Å². The number of rotatable bonds is 2. The third-order valence-electron chi connectivity index (χ3n) is 1.56. The lowest BCUT2D eigenvalue weighted by Crippen LogP contribution is -1.97. The normalized spacial score (nSPS) is 10.3. The van der Waals surface area contributed by atoms with Crippen molar-refractivity contribution < 1.29 is 8.78 Å². The van der Waals surface area contributed by atoms with Gasteiger partial charge in [0, 0.05) is 5.33 Å². The largest absolute Gasteiger partial charge is 0.266 e. The molecular weight excluding hydrogens is 322 g/mol. The first-order valence-corrected chi connectivity index (χ1v) is 5.45. The van der Waals surface area contributed by atoms with Crippen LogP contribution in [0.1, 0.15) is 23.2 Å². The third-order valence-corrected chi connectivity index (χ3v) is 2.73.